The predicted molar refractivity (Wildman–Crippen MR) is 118 cm³/mol. The molecule has 10 heteroatoms. The number of pyridine rings is 1. The lowest BCUT2D eigenvalue weighted by molar-refractivity contribution is -0.385. The highest BCUT2D eigenvalue weighted by molar-refractivity contribution is 9.10. The maximum atomic E-state index is 11.8. The molecule has 0 unspecified atom stereocenters. The van der Waals surface area contributed by atoms with Gasteiger partial charge in [-0.1, -0.05) is 34.1 Å². The monoisotopic (exact) mass is 479 g/mol. The van der Waals surface area contributed by atoms with Crippen molar-refractivity contribution in [2.75, 3.05) is 5.32 Å². The topological polar surface area (TPSA) is 120 Å². The van der Waals surface area contributed by atoms with Crippen LogP contribution in [0.3, 0.4) is 0 Å². The van der Waals surface area contributed by atoms with E-state index in [0.29, 0.717) is 22.5 Å². The number of rotatable bonds is 6. The van der Waals surface area contributed by atoms with Gasteiger partial charge in [0.25, 0.3) is 0 Å². The number of hydrogen-bond donors (Lipinski definition) is 1. The fraction of sp³-hybridized carbons (Fsp3) is 0.0476. The van der Waals surface area contributed by atoms with E-state index < -0.39 is 10.6 Å². The lowest BCUT2D eigenvalue weighted by atomic mass is 10.1. The van der Waals surface area contributed by atoms with Crippen LogP contribution in [0.1, 0.15) is 17.3 Å². The number of carbonyl (C=O) groups excluding carboxylic acids is 1. The highest BCUT2D eigenvalue weighted by atomic mass is 79.9. The zero-order valence-electron chi connectivity index (χ0n) is 16.1. The summed E-state index contributed by atoms with van der Waals surface area (Å²) >= 11 is 3.46. The minimum Gasteiger partial charge on any atom is -0.431 e. The van der Waals surface area contributed by atoms with Crippen LogP contribution in [0.15, 0.2) is 65.5 Å². The van der Waals surface area contributed by atoms with Crippen LogP contribution in [0, 0.1) is 10.1 Å². The van der Waals surface area contributed by atoms with E-state index in [0.717, 1.165) is 16.2 Å². The van der Waals surface area contributed by atoms with Crippen LogP contribution in [-0.4, -0.2) is 25.7 Å². The second-order valence-corrected chi connectivity index (χ2v) is 7.30. The van der Waals surface area contributed by atoms with Crippen molar-refractivity contribution in [2.45, 2.75) is 6.92 Å². The van der Waals surface area contributed by atoms with E-state index in [9.17, 15) is 14.9 Å². The minimum absolute atomic E-state index is 0.0647. The lowest BCUT2D eigenvalue weighted by Gasteiger charge is -2.11. The molecule has 2 heterocycles. The van der Waals surface area contributed by atoms with Gasteiger partial charge in [-0.15, -0.1) is 0 Å². The number of fused-ring (bicyclic) bond motifs is 1. The molecule has 0 fully saturated rings. The van der Waals surface area contributed by atoms with Crippen LogP contribution in [0.25, 0.3) is 10.9 Å². The lowest BCUT2D eigenvalue weighted by Crippen LogP contribution is -2.04. The van der Waals surface area contributed by atoms with Crippen molar-refractivity contribution in [3.8, 4) is 11.6 Å². The van der Waals surface area contributed by atoms with Crippen molar-refractivity contribution in [1.29, 1.82) is 0 Å². The Morgan fingerprint density at radius 3 is 2.74 bits per heavy atom. The average molecular weight is 480 g/mol. The van der Waals surface area contributed by atoms with Crippen LogP contribution >= 0.6 is 15.9 Å². The number of benzene rings is 2. The van der Waals surface area contributed by atoms with E-state index in [1.165, 1.54) is 6.92 Å². The number of anilines is 2. The minimum atomic E-state index is -0.624. The molecular formula is C21H14BrN5O4. The van der Waals surface area contributed by atoms with E-state index in [-0.39, 0.29) is 17.5 Å². The molecule has 0 atom stereocenters. The Balaban J connectivity index is 1.75. The molecule has 2 aromatic carbocycles. The smallest absolute Gasteiger partial charge is 0.373 e. The highest BCUT2D eigenvalue weighted by Crippen LogP contribution is 2.38. The number of nitro groups is 1. The van der Waals surface area contributed by atoms with Crippen LogP contribution in [0.4, 0.5) is 17.2 Å². The van der Waals surface area contributed by atoms with Gasteiger partial charge in [-0.05, 0) is 37.3 Å². The molecule has 0 aliphatic heterocycles. The molecule has 0 aliphatic rings. The molecule has 0 saturated carbocycles. The summed E-state index contributed by atoms with van der Waals surface area (Å²) in [5.74, 6) is -0.117. The van der Waals surface area contributed by atoms with Crippen molar-refractivity contribution in [2.24, 2.45) is 0 Å². The average Bonchev–Trinajstić information content (AvgIpc) is 2.76. The normalized spacial score (nSPS) is 10.6. The largest absolute Gasteiger partial charge is 0.431 e. The summed E-state index contributed by atoms with van der Waals surface area (Å²) in [7, 11) is 0. The summed E-state index contributed by atoms with van der Waals surface area (Å²) < 4.78 is 6.62. The Bertz CT molecular complexity index is 1330. The summed E-state index contributed by atoms with van der Waals surface area (Å²) in [5, 5.41) is 15.5. The van der Waals surface area contributed by atoms with Gasteiger partial charge in [0, 0.05) is 27.3 Å². The van der Waals surface area contributed by atoms with E-state index >= 15 is 0 Å². The third kappa shape index (κ3) is 4.19. The number of ether oxygens (including phenoxy) is 1. The Kier molecular flexibility index (Phi) is 5.54. The van der Waals surface area contributed by atoms with Crippen LogP contribution in [0.2, 0.25) is 0 Å². The van der Waals surface area contributed by atoms with Gasteiger partial charge < -0.3 is 10.1 Å². The van der Waals surface area contributed by atoms with Crippen molar-refractivity contribution >= 4 is 49.8 Å². The van der Waals surface area contributed by atoms with Gasteiger partial charge in [0.05, 0.1) is 4.92 Å². The number of Topliss-reactive ketones (excluding diaryl/α,β-unsaturated/α-hetero) is 1. The van der Waals surface area contributed by atoms with Gasteiger partial charge in [0.1, 0.15) is 11.8 Å². The van der Waals surface area contributed by atoms with Crippen LogP contribution in [-0.2, 0) is 0 Å². The number of nitrogens with zero attached hydrogens (tertiary/aromatic N) is 4. The van der Waals surface area contributed by atoms with Gasteiger partial charge >= 0.3 is 11.6 Å². The third-order valence-electron chi connectivity index (χ3n) is 4.39. The number of aromatic nitrogens is 3. The third-order valence-corrected chi connectivity index (χ3v) is 5.08. The Morgan fingerprint density at radius 2 is 1.97 bits per heavy atom. The molecule has 4 aromatic rings. The maximum Gasteiger partial charge on any atom is 0.373 e. The number of halogens is 1. The molecule has 0 radical (unpaired) electrons. The number of carbonyl (C=O) groups is 1. The molecule has 2 aromatic heterocycles. The molecule has 4 rings (SSSR count). The first-order valence-corrected chi connectivity index (χ1v) is 9.82. The van der Waals surface area contributed by atoms with Crippen molar-refractivity contribution in [3.63, 3.8) is 0 Å². The van der Waals surface area contributed by atoms with Crippen molar-refractivity contribution in [3.05, 3.63) is 81.2 Å². The first-order chi connectivity index (χ1) is 14.9. The first-order valence-electron chi connectivity index (χ1n) is 9.02. The molecule has 154 valence electrons. The molecular weight excluding hydrogens is 466 g/mol. The van der Waals surface area contributed by atoms with Crippen LogP contribution in [0.5, 0.6) is 11.6 Å². The standard InChI is InChI=1S/C21H14BrN5O4/c1-12(28)13-4-2-5-14(10-13)26-20-19(27(29)30)21(25-11-24-20)31-17-8-7-16(22)15-6-3-9-23-18(15)17/h2-11H,1H3,(H,24,25,26). The SMILES string of the molecule is CC(=O)c1cccc(Nc2ncnc(Oc3ccc(Br)c4cccnc34)c2[N+](=O)[O-])c1. The van der Waals surface area contributed by atoms with Gasteiger partial charge in [-0.2, -0.15) is 4.98 Å². The van der Waals surface area contributed by atoms with Gasteiger partial charge in [-0.3, -0.25) is 19.9 Å². The summed E-state index contributed by atoms with van der Waals surface area (Å²) in [6, 6.07) is 13.6. The number of hydrogen-bond acceptors (Lipinski definition) is 8. The van der Waals surface area contributed by atoms with Gasteiger partial charge in [-0.25, -0.2) is 4.98 Å². The molecule has 0 saturated heterocycles. The fourth-order valence-corrected chi connectivity index (χ4v) is 3.40. The molecule has 0 spiro atoms. The maximum absolute atomic E-state index is 11.8. The molecule has 0 bridgehead atoms. The van der Waals surface area contributed by atoms with Gasteiger partial charge in [0.2, 0.25) is 5.82 Å². The van der Waals surface area contributed by atoms with E-state index in [2.05, 4.69) is 36.2 Å². The van der Waals surface area contributed by atoms with Crippen LogP contribution < -0.4 is 10.1 Å². The Morgan fingerprint density at radius 1 is 1.13 bits per heavy atom. The first kappa shape index (κ1) is 20.4. The van der Waals surface area contributed by atoms with Crippen molar-refractivity contribution < 1.29 is 14.5 Å². The fourth-order valence-electron chi connectivity index (χ4n) is 2.94. The van der Waals surface area contributed by atoms with E-state index in [4.69, 9.17) is 4.74 Å². The predicted octanol–water partition coefficient (Wildman–Crippen LogP) is 5.43. The summed E-state index contributed by atoms with van der Waals surface area (Å²) in [4.78, 5) is 35.1. The van der Waals surface area contributed by atoms with E-state index in [1.807, 2.05) is 6.07 Å². The second-order valence-electron chi connectivity index (χ2n) is 6.44. The van der Waals surface area contributed by atoms with E-state index in [1.54, 1.807) is 48.7 Å². The Hall–Kier alpha value is -3.92. The van der Waals surface area contributed by atoms with Crippen molar-refractivity contribution in [1.82, 2.24) is 15.0 Å². The number of ketones is 1. The summed E-state index contributed by atoms with van der Waals surface area (Å²) in [5.41, 5.74) is 1.01. The molecule has 0 amide bonds. The zero-order chi connectivity index (χ0) is 22.0. The molecule has 9 nitrogen and oxygen atoms in total. The molecule has 1 N–H and O–H groups in total. The zero-order valence-corrected chi connectivity index (χ0v) is 17.7. The second kappa shape index (κ2) is 8.44. The highest BCUT2D eigenvalue weighted by Gasteiger charge is 2.26. The molecule has 31 heavy (non-hydrogen) atoms. The summed E-state index contributed by atoms with van der Waals surface area (Å²) in [6.07, 6.45) is 2.76. The van der Waals surface area contributed by atoms with Gasteiger partial charge in [0.15, 0.2) is 11.5 Å². The summed E-state index contributed by atoms with van der Waals surface area (Å²) in [6.45, 7) is 1.44. The number of nitrogens with one attached hydrogen (secondary N) is 1. The Labute approximate surface area is 184 Å². The quantitative estimate of drug-likeness (QED) is 0.220. The molecule has 0 aliphatic carbocycles.